The van der Waals surface area contributed by atoms with E-state index in [-0.39, 0.29) is 6.42 Å². The van der Waals surface area contributed by atoms with Crippen LogP contribution in [-0.4, -0.2) is 17.6 Å². The molecule has 80 valence electrons. The number of hydrogen-bond donors (Lipinski definition) is 2. The van der Waals surface area contributed by atoms with E-state index >= 15 is 0 Å². The van der Waals surface area contributed by atoms with Gasteiger partial charge in [0, 0.05) is 13.0 Å². The largest absolute Gasteiger partial charge is 0.481 e. The van der Waals surface area contributed by atoms with Crippen LogP contribution >= 0.6 is 0 Å². The molecule has 3 nitrogen and oxygen atoms in total. The molecule has 0 aliphatic carbocycles. The molecule has 0 spiro atoms. The van der Waals surface area contributed by atoms with Crippen molar-refractivity contribution in [2.75, 3.05) is 6.54 Å². The standard InChI is InChI=1S/C12H15NO2/c14-12(15)5-4-9-2-1-3-10-8-13-7-6-11(9)10/h1-3,13H,4-8H2,(H,14,15). The monoisotopic (exact) mass is 205 g/mol. The number of aliphatic carboxylic acids is 1. The van der Waals surface area contributed by atoms with E-state index in [1.54, 1.807) is 0 Å². The Bertz CT molecular complexity index is 374. The minimum Gasteiger partial charge on any atom is -0.481 e. The molecule has 0 unspecified atom stereocenters. The highest BCUT2D eigenvalue weighted by atomic mass is 16.4. The van der Waals surface area contributed by atoms with Crippen LogP contribution in [0.1, 0.15) is 23.1 Å². The van der Waals surface area contributed by atoms with Crippen molar-refractivity contribution >= 4 is 5.97 Å². The number of benzene rings is 1. The van der Waals surface area contributed by atoms with Crippen LogP contribution in [0, 0.1) is 0 Å². The maximum absolute atomic E-state index is 10.5. The zero-order chi connectivity index (χ0) is 10.7. The molecule has 0 amide bonds. The first-order chi connectivity index (χ1) is 7.27. The number of carboxylic acid groups (broad SMARTS) is 1. The highest BCUT2D eigenvalue weighted by Crippen LogP contribution is 2.19. The molecule has 2 rings (SSSR count). The smallest absolute Gasteiger partial charge is 0.303 e. The molecule has 1 aromatic rings. The Morgan fingerprint density at radius 2 is 2.33 bits per heavy atom. The van der Waals surface area contributed by atoms with Crippen LogP contribution in [0.5, 0.6) is 0 Å². The summed E-state index contributed by atoms with van der Waals surface area (Å²) >= 11 is 0. The molecule has 3 heteroatoms. The van der Waals surface area contributed by atoms with Gasteiger partial charge in [-0.25, -0.2) is 0 Å². The van der Waals surface area contributed by atoms with E-state index in [0.29, 0.717) is 6.42 Å². The van der Waals surface area contributed by atoms with Gasteiger partial charge in [-0.3, -0.25) is 4.79 Å². The van der Waals surface area contributed by atoms with Gasteiger partial charge in [0.1, 0.15) is 0 Å². The Morgan fingerprint density at radius 3 is 3.13 bits per heavy atom. The summed E-state index contributed by atoms with van der Waals surface area (Å²) in [7, 11) is 0. The van der Waals surface area contributed by atoms with Gasteiger partial charge in [0.05, 0.1) is 0 Å². The molecule has 0 bridgehead atoms. The lowest BCUT2D eigenvalue weighted by Crippen LogP contribution is -2.24. The fourth-order valence-corrected chi connectivity index (χ4v) is 2.09. The molecule has 15 heavy (non-hydrogen) atoms. The van der Waals surface area contributed by atoms with Crippen LogP contribution in [0.25, 0.3) is 0 Å². The van der Waals surface area contributed by atoms with Crippen LogP contribution in [0.15, 0.2) is 18.2 Å². The van der Waals surface area contributed by atoms with Gasteiger partial charge in [-0.15, -0.1) is 0 Å². The molecule has 0 saturated carbocycles. The van der Waals surface area contributed by atoms with E-state index in [0.717, 1.165) is 19.5 Å². The Morgan fingerprint density at radius 1 is 1.47 bits per heavy atom. The fraction of sp³-hybridized carbons (Fsp3) is 0.417. The van der Waals surface area contributed by atoms with Gasteiger partial charge in [-0.1, -0.05) is 18.2 Å². The van der Waals surface area contributed by atoms with Gasteiger partial charge in [0.15, 0.2) is 0 Å². The van der Waals surface area contributed by atoms with E-state index in [2.05, 4.69) is 11.4 Å². The lowest BCUT2D eigenvalue weighted by molar-refractivity contribution is -0.136. The molecule has 0 radical (unpaired) electrons. The lowest BCUT2D eigenvalue weighted by atomic mass is 9.93. The SMILES string of the molecule is O=C(O)CCc1cccc2c1CCNC2. The topological polar surface area (TPSA) is 49.3 Å². The number of rotatable bonds is 3. The zero-order valence-corrected chi connectivity index (χ0v) is 8.62. The third-order valence-electron chi connectivity index (χ3n) is 2.85. The predicted octanol–water partition coefficient (Wildman–Crippen LogP) is 1.35. The molecular formula is C12H15NO2. The van der Waals surface area contributed by atoms with E-state index in [1.165, 1.54) is 16.7 Å². The Kier molecular flexibility index (Phi) is 3.02. The Labute approximate surface area is 89.1 Å². The fourth-order valence-electron chi connectivity index (χ4n) is 2.09. The number of aryl methyl sites for hydroxylation is 1. The van der Waals surface area contributed by atoms with Crippen molar-refractivity contribution in [2.45, 2.75) is 25.8 Å². The second-order valence-corrected chi connectivity index (χ2v) is 3.88. The quantitative estimate of drug-likeness (QED) is 0.783. The Hall–Kier alpha value is -1.35. The first-order valence-corrected chi connectivity index (χ1v) is 5.29. The number of carboxylic acids is 1. The van der Waals surface area contributed by atoms with Crippen LogP contribution in [-0.2, 0) is 24.2 Å². The molecule has 1 aliphatic heterocycles. The molecule has 0 aromatic heterocycles. The number of fused-ring (bicyclic) bond motifs is 1. The van der Waals surface area contributed by atoms with Gasteiger partial charge in [-0.05, 0) is 36.1 Å². The van der Waals surface area contributed by atoms with Gasteiger partial charge in [0.2, 0.25) is 0 Å². The van der Waals surface area contributed by atoms with Crippen LogP contribution in [0.3, 0.4) is 0 Å². The second kappa shape index (κ2) is 4.45. The first kappa shape index (κ1) is 10.2. The third kappa shape index (κ3) is 2.36. The minimum atomic E-state index is -0.721. The second-order valence-electron chi connectivity index (χ2n) is 3.88. The average molecular weight is 205 g/mol. The summed E-state index contributed by atoms with van der Waals surface area (Å²) in [6, 6.07) is 6.18. The first-order valence-electron chi connectivity index (χ1n) is 5.29. The molecule has 0 atom stereocenters. The molecule has 1 heterocycles. The summed E-state index contributed by atoms with van der Waals surface area (Å²) < 4.78 is 0. The molecule has 1 aromatic carbocycles. The number of carbonyl (C=O) groups is 1. The highest BCUT2D eigenvalue weighted by Gasteiger charge is 2.12. The summed E-state index contributed by atoms with van der Waals surface area (Å²) in [5.74, 6) is -0.721. The molecule has 0 saturated heterocycles. The zero-order valence-electron chi connectivity index (χ0n) is 8.62. The third-order valence-corrected chi connectivity index (χ3v) is 2.85. The summed E-state index contributed by atoms with van der Waals surface area (Å²) in [5, 5.41) is 12.0. The average Bonchev–Trinajstić information content (AvgIpc) is 2.26. The van der Waals surface area contributed by atoms with E-state index in [9.17, 15) is 4.79 Å². The van der Waals surface area contributed by atoms with Crippen LogP contribution < -0.4 is 5.32 Å². The van der Waals surface area contributed by atoms with E-state index in [1.807, 2.05) is 12.1 Å². The van der Waals surface area contributed by atoms with Gasteiger partial charge >= 0.3 is 5.97 Å². The van der Waals surface area contributed by atoms with Crippen molar-refractivity contribution in [3.63, 3.8) is 0 Å². The van der Waals surface area contributed by atoms with Crippen molar-refractivity contribution in [3.05, 3.63) is 34.9 Å². The summed E-state index contributed by atoms with van der Waals surface area (Å²) in [6.45, 7) is 1.91. The van der Waals surface area contributed by atoms with Gasteiger partial charge in [-0.2, -0.15) is 0 Å². The summed E-state index contributed by atoms with van der Waals surface area (Å²) in [6.07, 6.45) is 1.90. The van der Waals surface area contributed by atoms with Gasteiger partial charge in [0.25, 0.3) is 0 Å². The van der Waals surface area contributed by atoms with Crippen molar-refractivity contribution in [3.8, 4) is 0 Å². The molecular weight excluding hydrogens is 190 g/mol. The molecule has 0 fully saturated rings. The summed E-state index contributed by atoms with van der Waals surface area (Å²) in [5.41, 5.74) is 3.89. The number of nitrogens with one attached hydrogen (secondary N) is 1. The highest BCUT2D eigenvalue weighted by molar-refractivity contribution is 5.67. The van der Waals surface area contributed by atoms with Crippen molar-refractivity contribution in [2.24, 2.45) is 0 Å². The van der Waals surface area contributed by atoms with Crippen molar-refractivity contribution < 1.29 is 9.90 Å². The normalized spacial score (nSPS) is 14.7. The van der Waals surface area contributed by atoms with Crippen LogP contribution in [0.2, 0.25) is 0 Å². The maximum atomic E-state index is 10.5. The number of hydrogen-bond acceptors (Lipinski definition) is 2. The predicted molar refractivity (Wildman–Crippen MR) is 57.8 cm³/mol. The van der Waals surface area contributed by atoms with Crippen molar-refractivity contribution in [1.29, 1.82) is 0 Å². The van der Waals surface area contributed by atoms with E-state index in [4.69, 9.17) is 5.11 Å². The van der Waals surface area contributed by atoms with Crippen molar-refractivity contribution in [1.82, 2.24) is 5.32 Å². The summed E-state index contributed by atoms with van der Waals surface area (Å²) in [4.78, 5) is 10.5. The van der Waals surface area contributed by atoms with E-state index < -0.39 is 5.97 Å². The molecule has 1 aliphatic rings. The Balaban J connectivity index is 2.19. The minimum absolute atomic E-state index is 0.226. The van der Waals surface area contributed by atoms with Gasteiger partial charge < -0.3 is 10.4 Å². The maximum Gasteiger partial charge on any atom is 0.303 e. The van der Waals surface area contributed by atoms with Crippen LogP contribution in [0.4, 0.5) is 0 Å². The molecule has 2 N–H and O–H groups in total. The lowest BCUT2D eigenvalue weighted by Gasteiger charge is -2.20.